The van der Waals surface area contributed by atoms with Crippen LogP contribution >= 0.6 is 0 Å². The van der Waals surface area contributed by atoms with Gasteiger partial charge in [0.25, 0.3) is 5.91 Å². The van der Waals surface area contributed by atoms with Crippen LogP contribution in [0.25, 0.3) is 10.9 Å². The Morgan fingerprint density at radius 3 is 2.80 bits per heavy atom. The van der Waals surface area contributed by atoms with E-state index in [2.05, 4.69) is 5.32 Å². The zero-order valence-corrected chi connectivity index (χ0v) is 11.8. The van der Waals surface area contributed by atoms with Crippen molar-refractivity contribution in [2.24, 2.45) is 7.05 Å². The molecule has 1 heterocycles. The average molecular weight is 274 g/mol. The second kappa shape index (κ2) is 5.88. The molecule has 106 valence electrons. The van der Waals surface area contributed by atoms with Crippen molar-refractivity contribution < 1.29 is 9.53 Å². The number of aromatic nitrogens is 1. The lowest BCUT2D eigenvalue weighted by molar-refractivity contribution is 0.0904. The molecule has 0 saturated carbocycles. The molecule has 20 heavy (non-hydrogen) atoms. The number of nitrogens with one attached hydrogen (secondary N) is 1. The van der Waals surface area contributed by atoms with Crippen molar-refractivity contribution in [2.75, 3.05) is 13.7 Å². The highest BCUT2D eigenvalue weighted by atomic mass is 16.5. The van der Waals surface area contributed by atoms with Gasteiger partial charge in [-0.05, 0) is 19.1 Å². The van der Waals surface area contributed by atoms with Crippen molar-refractivity contribution in [1.29, 1.82) is 0 Å². The van der Waals surface area contributed by atoms with Crippen molar-refractivity contribution in [3.05, 3.63) is 46.2 Å². The second-order valence-electron chi connectivity index (χ2n) is 4.83. The summed E-state index contributed by atoms with van der Waals surface area (Å²) in [4.78, 5) is 24.5. The third-order valence-corrected chi connectivity index (χ3v) is 3.13. The summed E-state index contributed by atoms with van der Waals surface area (Å²) in [7, 11) is 3.38. The van der Waals surface area contributed by atoms with Crippen LogP contribution in [0.4, 0.5) is 0 Å². The summed E-state index contributed by atoms with van der Waals surface area (Å²) in [6, 6.07) is 7.09. The Morgan fingerprint density at radius 2 is 2.10 bits per heavy atom. The molecule has 1 aromatic carbocycles. The first-order valence-corrected chi connectivity index (χ1v) is 6.42. The number of ether oxygens (including phenoxy) is 1. The molecule has 1 N–H and O–H groups in total. The summed E-state index contributed by atoms with van der Waals surface area (Å²) in [6.45, 7) is 2.23. The zero-order chi connectivity index (χ0) is 14.7. The van der Waals surface area contributed by atoms with E-state index in [0.717, 1.165) is 5.52 Å². The van der Waals surface area contributed by atoms with Gasteiger partial charge >= 0.3 is 0 Å². The Labute approximate surface area is 117 Å². The molecule has 5 nitrogen and oxygen atoms in total. The lowest BCUT2D eigenvalue weighted by Crippen LogP contribution is -2.38. The maximum absolute atomic E-state index is 12.4. The number of pyridine rings is 1. The first-order chi connectivity index (χ1) is 9.54. The molecule has 0 unspecified atom stereocenters. The Kier molecular flexibility index (Phi) is 4.20. The molecule has 0 spiro atoms. The van der Waals surface area contributed by atoms with Crippen LogP contribution in [0.1, 0.15) is 17.3 Å². The molecular weight excluding hydrogens is 256 g/mol. The summed E-state index contributed by atoms with van der Waals surface area (Å²) >= 11 is 0. The predicted octanol–water partition coefficient (Wildman–Crippen LogP) is 1.30. The minimum atomic E-state index is -0.374. The van der Waals surface area contributed by atoms with Crippen molar-refractivity contribution in [1.82, 2.24) is 9.88 Å². The minimum absolute atomic E-state index is 0.147. The van der Waals surface area contributed by atoms with Crippen LogP contribution in [-0.4, -0.2) is 30.2 Å². The highest BCUT2D eigenvalue weighted by Gasteiger charge is 2.15. The van der Waals surface area contributed by atoms with Crippen LogP contribution in [-0.2, 0) is 11.8 Å². The maximum Gasteiger partial charge on any atom is 0.257 e. The normalized spacial score (nSPS) is 12.3. The number of rotatable bonds is 4. The molecular formula is C15H18N2O3. The van der Waals surface area contributed by atoms with E-state index >= 15 is 0 Å². The molecule has 0 saturated heterocycles. The van der Waals surface area contributed by atoms with E-state index in [1.54, 1.807) is 30.0 Å². The number of benzene rings is 1. The predicted molar refractivity (Wildman–Crippen MR) is 78.0 cm³/mol. The topological polar surface area (TPSA) is 60.3 Å². The van der Waals surface area contributed by atoms with Crippen LogP contribution in [0.15, 0.2) is 35.3 Å². The number of amides is 1. The number of methoxy groups -OCH3 is 1. The van der Waals surface area contributed by atoms with E-state index in [-0.39, 0.29) is 22.9 Å². The molecule has 0 bridgehead atoms. The largest absolute Gasteiger partial charge is 0.383 e. The van der Waals surface area contributed by atoms with E-state index in [0.29, 0.717) is 12.0 Å². The minimum Gasteiger partial charge on any atom is -0.383 e. The van der Waals surface area contributed by atoms with Crippen molar-refractivity contribution in [3.8, 4) is 0 Å². The van der Waals surface area contributed by atoms with E-state index in [4.69, 9.17) is 4.74 Å². The highest BCUT2D eigenvalue weighted by Crippen LogP contribution is 2.10. The van der Waals surface area contributed by atoms with Gasteiger partial charge in [-0.1, -0.05) is 12.1 Å². The van der Waals surface area contributed by atoms with E-state index in [1.165, 1.54) is 0 Å². The Bertz CT molecular complexity index is 691. The average Bonchev–Trinajstić information content (AvgIpc) is 2.43. The van der Waals surface area contributed by atoms with Gasteiger partial charge in [-0.2, -0.15) is 0 Å². The first kappa shape index (κ1) is 14.3. The van der Waals surface area contributed by atoms with Crippen LogP contribution in [0.3, 0.4) is 0 Å². The Balaban J connectivity index is 2.43. The van der Waals surface area contributed by atoms with Gasteiger partial charge in [0.1, 0.15) is 5.56 Å². The van der Waals surface area contributed by atoms with Crippen LogP contribution in [0, 0.1) is 0 Å². The van der Waals surface area contributed by atoms with Gasteiger partial charge in [-0.15, -0.1) is 0 Å². The van der Waals surface area contributed by atoms with Crippen molar-refractivity contribution in [2.45, 2.75) is 13.0 Å². The maximum atomic E-state index is 12.4. The molecule has 0 radical (unpaired) electrons. The molecule has 0 aliphatic rings. The molecule has 0 aliphatic heterocycles. The van der Waals surface area contributed by atoms with E-state index in [9.17, 15) is 9.59 Å². The van der Waals surface area contributed by atoms with Gasteiger partial charge in [0.05, 0.1) is 12.1 Å². The third-order valence-electron chi connectivity index (χ3n) is 3.13. The first-order valence-electron chi connectivity index (χ1n) is 6.42. The van der Waals surface area contributed by atoms with Crippen LogP contribution < -0.4 is 10.7 Å². The zero-order valence-electron chi connectivity index (χ0n) is 11.8. The number of para-hydroxylation sites is 1. The fourth-order valence-electron chi connectivity index (χ4n) is 2.20. The summed E-state index contributed by atoms with van der Waals surface area (Å²) in [5.74, 6) is -0.374. The standard InChI is InChI=1S/C15H18N2O3/c1-10(9-20-3)16-15(19)12-8-17(2)13-7-5-4-6-11(13)14(12)18/h4-8,10H,9H2,1-3H3,(H,16,19)/t10-/m0/s1. The van der Waals surface area contributed by atoms with Gasteiger partial charge in [-0.25, -0.2) is 0 Å². The fraction of sp³-hybridized carbons (Fsp3) is 0.333. The third kappa shape index (κ3) is 2.72. The SMILES string of the molecule is COC[C@H](C)NC(=O)c1cn(C)c2ccccc2c1=O. The monoisotopic (exact) mass is 274 g/mol. The smallest absolute Gasteiger partial charge is 0.257 e. The quantitative estimate of drug-likeness (QED) is 0.914. The summed E-state index contributed by atoms with van der Waals surface area (Å²) in [5, 5.41) is 3.30. The highest BCUT2D eigenvalue weighted by molar-refractivity contribution is 5.97. The van der Waals surface area contributed by atoms with Gasteiger partial charge in [0.15, 0.2) is 0 Å². The van der Waals surface area contributed by atoms with Gasteiger partial charge in [0.2, 0.25) is 5.43 Å². The van der Waals surface area contributed by atoms with E-state index < -0.39 is 0 Å². The summed E-state index contributed by atoms with van der Waals surface area (Å²) < 4.78 is 6.75. The van der Waals surface area contributed by atoms with E-state index in [1.807, 2.05) is 26.1 Å². The summed E-state index contributed by atoms with van der Waals surface area (Å²) in [6.07, 6.45) is 1.57. The van der Waals surface area contributed by atoms with Crippen LogP contribution in [0.5, 0.6) is 0 Å². The number of hydrogen-bond acceptors (Lipinski definition) is 3. The number of fused-ring (bicyclic) bond motifs is 1. The van der Waals surface area contributed by atoms with Crippen molar-refractivity contribution in [3.63, 3.8) is 0 Å². The lowest BCUT2D eigenvalue weighted by atomic mass is 10.1. The summed E-state index contributed by atoms with van der Waals surface area (Å²) in [5.41, 5.74) is 0.703. The lowest BCUT2D eigenvalue weighted by Gasteiger charge is -2.13. The molecule has 0 fully saturated rings. The number of aryl methyl sites for hydroxylation is 1. The molecule has 1 aromatic heterocycles. The number of nitrogens with zero attached hydrogens (tertiary/aromatic N) is 1. The number of carbonyl (C=O) groups excluding carboxylic acids is 1. The number of carbonyl (C=O) groups is 1. The van der Waals surface area contributed by atoms with Gasteiger partial charge < -0.3 is 14.6 Å². The molecule has 2 aromatic rings. The van der Waals surface area contributed by atoms with Gasteiger partial charge in [0, 0.05) is 31.8 Å². The molecule has 1 atom stereocenters. The van der Waals surface area contributed by atoms with Crippen molar-refractivity contribution >= 4 is 16.8 Å². The second-order valence-corrected chi connectivity index (χ2v) is 4.83. The fourth-order valence-corrected chi connectivity index (χ4v) is 2.20. The van der Waals surface area contributed by atoms with Gasteiger partial charge in [-0.3, -0.25) is 9.59 Å². The molecule has 5 heteroatoms. The Morgan fingerprint density at radius 1 is 1.40 bits per heavy atom. The van der Waals surface area contributed by atoms with Crippen LogP contribution in [0.2, 0.25) is 0 Å². The molecule has 1 amide bonds. The number of hydrogen-bond donors (Lipinski definition) is 1. The molecule has 0 aliphatic carbocycles. The molecule has 2 rings (SSSR count). The Hall–Kier alpha value is -2.14.